The largest absolute Gasteiger partial charge is 0.493 e. The molecule has 4 aromatic rings. The molecule has 0 bridgehead atoms. The van der Waals surface area contributed by atoms with Gasteiger partial charge in [0.15, 0.2) is 11.5 Å². The van der Waals surface area contributed by atoms with Crippen LogP contribution in [0.3, 0.4) is 0 Å². The lowest BCUT2D eigenvalue weighted by Gasteiger charge is -2.24. The second-order valence-electron chi connectivity index (χ2n) is 7.75. The fourth-order valence-corrected chi connectivity index (χ4v) is 6.13. The third-order valence-corrected chi connectivity index (χ3v) is 7.92. The Labute approximate surface area is 224 Å². The summed E-state index contributed by atoms with van der Waals surface area (Å²) >= 11 is 7.06. The number of anilines is 1. The lowest BCUT2D eigenvalue weighted by molar-refractivity contribution is -0.199. The normalized spacial score (nSPS) is 11.9. The first-order chi connectivity index (χ1) is 17.9. The molecule has 4 rings (SSSR count). The van der Waals surface area contributed by atoms with Gasteiger partial charge < -0.3 is 14.3 Å². The zero-order chi connectivity index (χ0) is 27.8. The van der Waals surface area contributed by atoms with Crippen LogP contribution in [0.4, 0.5) is 18.9 Å². The van der Waals surface area contributed by atoms with Crippen LogP contribution in [-0.2, 0) is 19.7 Å². The Morgan fingerprint density at radius 3 is 2.39 bits per heavy atom. The quantitative estimate of drug-likeness (QED) is 0.239. The van der Waals surface area contributed by atoms with Gasteiger partial charge in [-0.15, -0.1) is 11.3 Å². The summed E-state index contributed by atoms with van der Waals surface area (Å²) in [5.74, 6) is -1.94. The van der Waals surface area contributed by atoms with Gasteiger partial charge in [0.25, 0.3) is 10.0 Å². The van der Waals surface area contributed by atoms with Crippen molar-refractivity contribution in [3.8, 4) is 22.6 Å². The van der Waals surface area contributed by atoms with E-state index in [1.165, 1.54) is 39.3 Å². The van der Waals surface area contributed by atoms with Gasteiger partial charge >= 0.3 is 12.1 Å². The summed E-state index contributed by atoms with van der Waals surface area (Å²) in [7, 11) is -2.02. The Balaban J connectivity index is 2.01. The van der Waals surface area contributed by atoms with Crippen LogP contribution in [0.1, 0.15) is 5.69 Å². The SMILES string of the molecule is COc1ccc(-c2csc3nc(C)cc(N(OC(=O)C(F)(F)F)S(=O)(=O)c4cccc(Cl)c4)c23)cc1OC. The number of carbonyl (C=O) groups excluding carboxylic acids is 1. The molecule has 8 nitrogen and oxygen atoms in total. The predicted molar refractivity (Wildman–Crippen MR) is 136 cm³/mol. The van der Waals surface area contributed by atoms with E-state index in [2.05, 4.69) is 9.82 Å². The highest BCUT2D eigenvalue weighted by molar-refractivity contribution is 7.92. The average molecular weight is 587 g/mol. The van der Waals surface area contributed by atoms with E-state index < -0.39 is 27.1 Å². The third kappa shape index (κ3) is 5.22. The number of aromatic nitrogens is 1. The number of aryl methyl sites for hydroxylation is 1. The number of hydrogen-bond donors (Lipinski definition) is 0. The number of halogens is 4. The highest BCUT2D eigenvalue weighted by atomic mass is 35.5. The fourth-order valence-electron chi connectivity index (χ4n) is 3.58. The molecule has 0 fully saturated rings. The Hall–Kier alpha value is -3.55. The predicted octanol–water partition coefficient (Wildman–Crippen LogP) is 6.16. The molecule has 0 spiro atoms. The van der Waals surface area contributed by atoms with Crippen molar-refractivity contribution < 1.29 is 40.7 Å². The van der Waals surface area contributed by atoms with E-state index in [1.54, 1.807) is 23.6 Å². The summed E-state index contributed by atoms with van der Waals surface area (Å²) in [5, 5.41) is 1.79. The number of ether oxygens (including phenoxy) is 2. The number of sulfonamides is 1. The van der Waals surface area contributed by atoms with Crippen molar-refractivity contribution in [2.24, 2.45) is 0 Å². The fraction of sp³-hybridized carbons (Fsp3) is 0.167. The number of benzene rings is 2. The highest BCUT2D eigenvalue weighted by Gasteiger charge is 2.45. The number of pyridine rings is 1. The lowest BCUT2D eigenvalue weighted by Crippen LogP contribution is -2.39. The number of thiophene rings is 1. The number of alkyl halides is 3. The van der Waals surface area contributed by atoms with Crippen molar-refractivity contribution in [3.63, 3.8) is 0 Å². The van der Waals surface area contributed by atoms with Crippen LogP contribution in [0.5, 0.6) is 11.5 Å². The molecule has 38 heavy (non-hydrogen) atoms. The van der Waals surface area contributed by atoms with E-state index in [0.29, 0.717) is 27.5 Å². The summed E-state index contributed by atoms with van der Waals surface area (Å²) in [6.45, 7) is 1.52. The minimum Gasteiger partial charge on any atom is -0.493 e. The number of nitrogens with zero attached hydrogens (tertiary/aromatic N) is 2. The van der Waals surface area contributed by atoms with Crippen LogP contribution in [-0.4, -0.2) is 39.8 Å². The van der Waals surface area contributed by atoms with Crippen LogP contribution in [0.2, 0.25) is 5.02 Å². The maximum atomic E-state index is 13.6. The van der Waals surface area contributed by atoms with Crippen molar-refractivity contribution in [3.05, 3.63) is 64.6 Å². The summed E-state index contributed by atoms with van der Waals surface area (Å²) < 4.78 is 77.6. The molecule has 0 radical (unpaired) electrons. The molecule has 2 heterocycles. The van der Waals surface area contributed by atoms with E-state index in [9.17, 15) is 26.4 Å². The Morgan fingerprint density at radius 1 is 1.05 bits per heavy atom. The average Bonchev–Trinajstić information content (AvgIpc) is 3.29. The van der Waals surface area contributed by atoms with Gasteiger partial charge in [-0.2, -0.15) is 21.6 Å². The molecule has 0 saturated carbocycles. The molecule has 2 aromatic carbocycles. The van der Waals surface area contributed by atoms with Gasteiger partial charge in [-0.1, -0.05) is 28.2 Å². The summed E-state index contributed by atoms with van der Waals surface area (Å²) in [4.78, 5) is 20.7. The number of carbonyl (C=O) groups is 1. The molecule has 0 aliphatic rings. The minimum atomic E-state index is -5.48. The van der Waals surface area contributed by atoms with Crippen molar-refractivity contribution in [1.82, 2.24) is 4.98 Å². The van der Waals surface area contributed by atoms with Crippen LogP contribution >= 0.6 is 22.9 Å². The number of hydrogen-bond acceptors (Lipinski definition) is 8. The summed E-state index contributed by atoms with van der Waals surface area (Å²) in [6.07, 6.45) is -5.48. The van der Waals surface area contributed by atoms with Crippen molar-refractivity contribution >= 4 is 54.8 Å². The zero-order valence-electron chi connectivity index (χ0n) is 19.9. The molecule has 0 aliphatic heterocycles. The first-order valence-corrected chi connectivity index (χ1v) is 13.3. The van der Waals surface area contributed by atoms with E-state index in [-0.39, 0.29) is 26.3 Å². The molecule has 200 valence electrons. The van der Waals surface area contributed by atoms with Crippen molar-refractivity contribution in [2.45, 2.75) is 18.0 Å². The minimum absolute atomic E-state index is 0.00535. The van der Waals surface area contributed by atoms with Gasteiger partial charge in [0.2, 0.25) is 0 Å². The molecule has 14 heteroatoms. The molecule has 0 N–H and O–H groups in total. The van der Waals surface area contributed by atoms with E-state index in [1.807, 2.05) is 0 Å². The molecule has 0 unspecified atom stereocenters. The number of rotatable bonds is 7. The summed E-state index contributed by atoms with van der Waals surface area (Å²) in [6, 6.07) is 10.9. The molecule has 0 aliphatic carbocycles. The zero-order valence-corrected chi connectivity index (χ0v) is 22.3. The number of methoxy groups -OCH3 is 2. The standard InChI is InChI=1S/C24H18ClF3N2O6S2/c1-13-9-18(21-17(12-37-22(21)29-13)14-7-8-19(34-2)20(10-14)35-3)30(36-23(31)24(26,27)28)38(32,33)16-6-4-5-15(25)11-16/h4-12H,1-3H3. The smallest absolute Gasteiger partial charge is 0.493 e. The van der Waals surface area contributed by atoms with E-state index in [4.69, 9.17) is 21.1 Å². The number of fused-ring (bicyclic) bond motifs is 1. The maximum Gasteiger partial charge on any atom is 0.493 e. The van der Waals surface area contributed by atoms with E-state index in [0.717, 1.165) is 23.5 Å². The Morgan fingerprint density at radius 2 is 1.76 bits per heavy atom. The first kappa shape index (κ1) is 27.5. The molecule has 0 atom stereocenters. The van der Waals surface area contributed by atoms with Gasteiger partial charge in [-0.05, 0) is 48.9 Å². The van der Waals surface area contributed by atoms with Crippen LogP contribution in [0.15, 0.2) is 58.8 Å². The molecule has 0 amide bonds. The van der Waals surface area contributed by atoms with Gasteiger partial charge in [-0.25, -0.2) is 9.78 Å². The van der Waals surface area contributed by atoms with Gasteiger partial charge in [0.05, 0.1) is 19.1 Å². The van der Waals surface area contributed by atoms with Crippen molar-refractivity contribution in [2.75, 3.05) is 18.7 Å². The Kier molecular flexibility index (Phi) is 7.46. The summed E-state index contributed by atoms with van der Waals surface area (Å²) in [5.41, 5.74) is 0.838. The molecule has 0 saturated heterocycles. The van der Waals surface area contributed by atoms with Gasteiger partial charge in [0.1, 0.15) is 10.5 Å². The topological polar surface area (TPSA) is 95.0 Å². The van der Waals surface area contributed by atoms with Gasteiger partial charge in [0, 0.05) is 27.0 Å². The highest BCUT2D eigenvalue weighted by Crippen LogP contribution is 2.43. The monoisotopic (exact) mass is 586 g/mol. The molecular formula is C24H18ClF3N2O6S2. The van der Waals surface area contributed by atoms with Crippen LogP contribution in [0.25, 0.3) is 21.3 Å². The van der Waals surface area contributed by atoms with Crippen LogP contribution in [0, 0.1) is 6.92 Å². The van der Waals surface area contributed by atoms with Gasteiger partial charge in [-0.3, -0.25) is 0 Å². The second kappa shape index (κ2) is 10.3. The maximum absolute atomic E-state index is 13.6. The third-order valence-electron chi connectivity index (χ3n) is 5.25. The van der Waals surface area contributed by atoms with E-state index >= 15 is 0 Å². The molecular weight excluding hydrogens is 569 g/mol. The first-order valence-electron chi connectivity index (χ1n) is 10.6. The van der Waals surface area contributed by atoms with Crippen molar-refractivity contribution in [1.29, 1.82) is 0 Å². The second-order valence-corrected chi connectivity index (χ2v) is 10.8. The molecule has 2 aromatic heterocycles. The van der Waals surface area contributed by atoms with Crippen LogP contribution < -0.4 is 13.9 Å². The Bertz CT molecular complexity index is 1640. The lowest BCUT2D eigenvalue weighted by atomic mass is 10.0.